The fraction of sp³-hybridized carbons (Fsp3) is 0.588. The first-order valence-corrected chi connectivity index (χ1v) is 7.40. The van der Waals surface area contributed by atoms with Crippen LogP contribution in [0.2, 0.25) is 0 Å². The van der Waals surface area contributed by atoms with Crippen LogP contribution in [0.4, 0.5) is 0 Å². The van der Waals surface area contributed by atoms with Crippen LogP contribution in [-0.2, 0) is 4.79 Å². The molecule has 0 atom stereocenters. The van der Waals surface area contributed by atoms with E-state index in [1.54, 1.807) is 0 Å². The van der Waals surface area contributed by atoms with E-state index < -0.39 is 0 Å². The monoisotopic (exact) mass is 260 g/mol. The molecule has 1 fully saturated rings. The van der Waals surface area contributed by atoms with Crippen LogP contribution in [0, 0.1) is 12.8 Å². The van der Waals surface area contributed by atoms with Gasteiger partial charge in [-0.05, 0) is 42.9 Å². The summed E-state index contributed by atoms with van der Waals surface area (Å²) in [7, 11) is 0. The van der Waals surface area contributed by atoms with E-state index in [2.05, 4.69) is 26.0 Å². The van der Waals surface area contributed by atoms with Gasteiger partial charge in [-0.3, -0.25) is 4.79 Å². The number of benzene rings is 1. The summed E-state index contributed by atoms with van der Waals surface area (Å²) in [6, 6.07) is 6.13. The van der Waals surface area contributed by atoms with E-state index in [9.17, 15) is 4.79 Å². The zero-order valence-corrected chi connectivity index (χ0v) is 12.2. The number of aryl methyl sites for hydroxylation is 1. The van der Waals surface area contributed by atoms with Crippen molar-refractivity contribution in [1.29, 1.82) is 0 Å². The van der Waals surface area contributed by atoms with Gasteiger partial charge < -0.3 is 4.74 Å². The second-order valence-corrected chi connectivity index (χ2v) is 5.95. The maximum atomic E-state index is 12.2. The molecule has 0 radical (unpaired) electrons. The van der Waals surface area contributed by atoms with Gasteiger partial charge >= 0.3 is 5.97 Å². The van der Waals surface area contributed by atoms with Gasteiger partial charge in [0.05, 0.1) is 5.92 Å². The van der Waals surface area contributed by atoms with Gasteiger partial charge in [-0.1, -0.05) is 45.2 Å². The van der Waals surface area contributed by atoms with Gasteiger partial charge in [0.25, 0.3) is 0 Å². The molecule has 2 nitrogen and oxygen atoms in total. The summed E-state index contributed by atoms with van der Waals surface area (Å²) in [4.78, 5) is 12.2. The minimum atomic E-state index is -0.0350. The van der Waals surface area contributed by atoms with Gasteiger partial charge in [-0.2, -0.15) is 0 Å². The first-order chi connectivity index (χ1) is 9.08. The van der Waals surface area contributed by atoms with E-state index in [1.165, 1.54) is 6.42 Å². The normalized spacial score (nSPS) is 16.6. The average molecular weight is 260 g/mol. The predicted molar refractivity (Wildman–Crippen MR) is 77.5 cm³/mol. The van der Waals surface area contributed by atoms with Gasteiger partial charge in [0.15, 0.2) is 0 Å². The number of rotatable bonds is 3. The third-order valence-corrected chi connectivity index (χ3v) is 3.94. The second kappa shape index (κ2) is 6.23. The van der Waals surface area contributed by atoms with Crippen LogP contribution in [-0.4, -0.2) is 5.97 Å². The summed E-state index contributed by atoms with van der Waals surface area (Å²) < 4.78 is 5.69. The minimum Gasteiger partial charge on any atom is -0.426 e. The molecule has 0 saturated heterocycles. The zero-order chi connectivity index (χ0) is 13.8. The van der Waals surface area contributed by atoms with E-state index in [1.807, 2.05) is 13.0 Å². The molecule has 1 saturated carbocycles. The number of carbonyl (C=O) groups excluding carboxylic acids is 1. The largest absolute Gasteiger partial charge is 0.426 e. The molecule has 2 heteroatoms. The van der Waals surface area contributed by atoms with Gasteiger partial charge in [-0.25, -0.2) is 0 Å². The lowest BCUT2D eigenvalue weighted by molar-refractivity contribution is -0.140. The standard InChI is InChI=1S/C17H24O2/c1-12(2)15-10-9-13(3)11-16(15)19-17(18)14-7-5-4-6-8-14/h9-12,14H,4-8H2,1-3H3. The Hall–Kier alpha value is -1.31. The van der Waals surface area contributed by atoms with Crippen LogP contribution in [0.15, 0.2) is 18.2 Å². The highest BCUT2D eigenvalue weighted by Gasteiger charge is 2.24. The molecule has 0 aromatic heterocycles. The maximum Gasteiger partial charge on any atom is 0.314 e. The Balaban J connectivity index is 2.13. The molecule has 1 aliphatic carbocycles. The van der Waals surface area contributed by atoms with Gasteiger partial charge in [0, 0.05) is 0 Å². The molecule has 1 aromatic rings. The van der Waals surface area contributed by atoms with Crippen molar-refractivity contribution in [2.24, 2.45) is 5.92 Å². The fourth-order valence-electron chi connectivity index (χ4n) is 2.74. The zero-order valence-electron chi connectivity index (χ0n) is 12.2. The Bertz CT molecular complexity index is 443. The van der Waals surface area contributed by atoms with Crippen molar-refractivity contribution in [2.45, 2.75) is 58.8 Å². The Labute approximate surface area is 116 Å². The molecule has 0 N–H and O–H groups in total. The fourth-order valence-corrected chi connectivity index (χ4v) is 2.74. The van der Waals surface area contributed by atoms with Crippen molar-refractivity contribution in [3.8, 4) is 5.75 Å². The predicted octanol–water partition coefficient (Wildman–Crippen LogP) is 4.60. The van der Waals surface area contributed by atoms with E-state index >= 15 is 0 Å². The SMILES string of the molecule is Cc1ccc(C(C)C)c(OC(=O)C2CCCCC2)c1. The van der Waals surface area contributed by atoms with Crippen molar-refractivity contribution < 1.29 is 9.53 Å². The second-order valence-electron chi connectivity index (χ2n) is 5.95. The summed E-state index contributed by atoms with van der Waals surface area (Å²) >= 11 is 0. The summed E-state index contributed by atoms with van der Waals surface area (Å²) in [6.45, 7) is 6.28. The van der Waals surface area contributed by atoms with Crippen LogP contribution in [0.25, 0.3) is 0 Å². The molecule has 2 rings (SSSR count). The Kier molecular flexibility index (Phi) is 4.62. The molecule has 1 aromatic carbocycles. The smallest absolute Gasteiger partial charge is 0.314 e. The average Bonchev–Trinajstić information content (AvgIpc) is 2.39. The molecule has 0 spiro atoms. The highest BCUT2D eigenvalue weighted by Crippen LogP contribution is 2.30. The molecule has 1 aliphatic rings. The van der Waals surface area contributed by atoms with Gasteiger partial charge in [-0.15, -0.1) is 0 Å². The first kappa shape index (κ1) is 14.1. The summed E-state index contributed by atoms with van der Waals surface area (Å²) in [6.07, 6.45) is 5.55. The van der Waals surface area contributed by atoms with Gasteiger partial charge in [0.2, 0.25) is 0 Å². The van der Waals surface area contributed by atoms with Crippen LogP contribution in [0.5, 0.6) is 5.75 Å². The maximum absolute atomic E-state index is 12.2. The first-order valence-electron chi connectivity index (χ1n) is 7.40. The number of hydrogen-bond acceptors (Lipinski definition) is 2. The van der Waals surface area contributed by atoms with Crippen molar-refractivity contribution in [2.75, 3.05) is 0 Å². The molecule has 0 aliphatic heterocycles. The Morgan fingerprint density at radius 3 is 2.53 bits per heavy atom. The minimum absolute atomic E-state index is 0.0350. The molecule has 19 heavy (non-hydrogen) atoms. The van der Waals surface area contributed by atoms with Crippen LogP contribution < -0.4 is 4.74 Å². The summed E-state index contributed by atoms with van der Waals surface area (Å²) in [5.41, 5.74) is 2.26. The lowest BCUT2D eigenvalue weighted by Gasteiger charge is -2.21. The topological polar surface area (TPSA) is 26.3 Å². The lowest BCUT2D eigenvalue weighted by atomic mass is 9.89. The van der Waals surface area contributed by atoms with E-state index in [-0.39, 0.29) is 11.9 Å². The summed E-state index contributed by atoms with van der Waals surface area (Å²) in [5, 5.41) is 0. The van der Waals surface area contributed by atoms with Crippen molar-refractivity contribution in [3.05, 3.63) is 29.3 Å². The number of ether oxygens (including phenoxy) is 1. The number of esters is 1. The third-order valence-electron chi connectivity index (χ3n) is 3.94. The van der Waals surface area contributed by atoms with Crippen molar-refractivity contribution >= 4 is 5.97 Å². The van der Waals surface area contributed by atoms with Crippen LogP contribution in [0.3, 0.4) is 0 Å². The molecule has 0 unspecified atom stereocenters. The third kappa shape index (κ3) is 3.59. The molecule has 0 amide bonds. The van der Waals surface area contributed by atoms with Crippen LogP contribution >= 0.6 is 0 Å². The highest BCUT2D eigenvalue weighted by atomic mass is 16.5. The number of hydrogen-bond donors (Lipinski definition) is 0. The van der Waals surface area contributed by atoms with Crippen molar-refractivity contribution in [1.82, 2.24) is 0 Å². The highest BCUT2D eigenvalue weighted by molar-refractivity contribution is 5.75. The van der Waals surface area contributed by atoms with Crippen LogP contribution in [0.1, 0.15) is 63.0 Å². The summed E-state index contributed by atoms with van der Waals surface area (Å²) in [5.74, 6) is 1.20. The van der Waals surface area contributed by atoms with E-state index in [0.717, 1.165) is 42.6 Å². The number of carbonyl (C=O) groups is 1. The van der Waals surface area contributed by atoms with Gasteiger partial charge in [0.1, 0.15) is 5.75 Å². The molecule has 0 heterocycles. The van der Waals surface area contributed by atoms with Crippen molar-refractivity contribution in [3.63, 3.8) is 0 Å². The van der Waals surface area contributed by atoms with E-state index in [4.69, 9.17) is 4.74 Å². The Morgan fingerprint density at radius 2 is 1.89 bits per heavy atom. The quantitative estimate of drug-likeness (QED) is 0.586. The molecular formula is C17H24O2. The Morgan fingerprint density at radius 1 is 1.21 bits per heavy atom. The lowest BCUT2D eigenvalue weighted by Crippen LogP contribution is -2.23. The molecule has 104 valence electrons. The molecule has 0 bridgehead atoms. The van der Waals surface area contributed by atoms with E-state index in [0.29, 0.717) is 5.92 Å². The molecular weight excluding hydrogens is 236 g/mol.